The van der Waals surface area contributed by atoms with E-state index in [2.05, 4.69) is 17.0 Å². The lowest BCUT2D eigenvalue weighted by Crippen LogP contribution is -2.31. The van der Waals surface area contributed by atoms with Crippen LogP contribution >= 0.6 is 0 Å². The number of hydrogen-bond acceptors (Lipinski definition) is 7. The van der Waals surface area contributed by atoms with E-state index in [-0.39, 0.29) is 11.3 Å². The Morgan fingerprint density at radius 1 is 1.06 bits per heavy atom. The highest BCUT2D eigenvalue weighted by Gasteiger charge is 2.25. The zero-order chi connectivity index (χ0) is 23.3. The van der Waals surface area contributed by atoms with Crippen molar-refractivity contribution in [1.82, 2.24) is 0 Å². The second kappa shape index (κ2) is 10.5. The van der Waals surface area contributed by atoms with Crippen molar-refractivity contribution >= 4 is 31.9 Å². The minimum atomic E-state index is -3.97. The molecule has 2 aromatic carbocycles. The Bertz CT molecular complexity index is 1130. The van der Waals surface area contributed by atoms with Gasteiger partial charge in [-0.25, -0.2) is 8.42 Å². The SMILES string of the molecule is C/C(=C(/C#N)S(=O)(=O)CCC(O)C(O)CO)c1ccc2cc(N3CCCCC3)ccc2c1. The fraction of sp³-hybridized carbons (Fsp3) is 0.458. The second-order valence-corrected chi connectivity index (χ2v) is 10.3. The molecule has 3 rings (SSSR count). The Kier molecular flexibility index (Phi) is 7.91. The molecule has 0 saturated carbocycles. The average Bonchev–Trinajstić information content (AvgIpc) is 2.82. The van der Waals surface area contributed by atoms with E-state index < -0.39 is 34.4 Å². The fourth-order valence-electron chi connectivity index (χ4n) is 4.02. The lowest BCUT2D eigenvalue weighted by Gasteiger charge is -2.29. The molecule has 2 atom stereocenters. The third kappa shape index (κ3) is 5.48. The third-order valence-electron chi connectivity index (χ3n) is 6.04. The molecule has 2 unspecified atom stereocenters. The molecule has 1 fully saturated rings. The summed E-state index contributed by atoms with van der Waals surface area (Å²) >= 11 is 0. The van der Waals surface area contributed by atoms with Crippen LogP contribution in [-0.4, -0.2) is 61.4 Å². The number of piperidine rings is 1. The predicted molar refractivity (Wildman–Crippen MR) is 126 cm³/mol. The number of hydrogen-bond donors (Lipinski definition) is 3. The molecule has 0 bridgehead atoms. The van der Waals surface area contributed by atoms with Crippen molar-refractivity contribution in [2.75, 3.05) is 30.3 Å². The summed E-state index contributed by atoms with van der Waals surface area (Å²) in [6, 6.07) is 13.7. The number of aliphatic hydroxyl groups is 3. The highest BCUT2D eigenvalue weighted by Crippen LogP contribution is 2.29. The number of fused-ring (bicyclic) bond motifs is 1. The lowest BCUT2D eigenvalue weighted by atomic mass is 10.0. The van der Waals surface area contributed by atoms with Crippen LogP contribution in [-0.2, 0) is 9.84 Å². The zero-order valence-corrected chi connectivity index (χ0v) is 19.1. The smallest absolute Gasteiger partial charge is 0.188 e. The summed E-state index contributed by atoms with van der Waals surface area (Å²) < 4.78 is 25.5. The molecule has 1 heterocycles. The molecule has 0 spiro atoms. The van der Waals surface area contributed by atoms with Gasteiger partial charge in [0.25, 0.3) is 0 Å². The Hall–Kier alpha value is -2.44. The highest BCUT2D eigenvalue weighted by atomic mass is 32.2. The molecule has 3 N–H and O–H groups in total. The van der Waals surface area contributed by atoms with E-state index in [0.29, 0.717) is 11.1 Å². The van der Waals surface area contributed by atoms with Gasteiger partial charge in [-0.2, -0.15) is 5.26 Å². The van der Waals surface area contributed by atoms with Crippen LogP contribution in [0.5, 0.6) is 0 Å². The van der Waals surface area contributed by atoms with Gasteiger partial charge in [-0.15, -0.1) is 0 Å². The highest BCUT2D eigenvalue weighted by molar-refractivity contribution is 7.95. The largest absolute Gasteiger partial charge is 0.394 e. The van der Waals surface area contributed by atoms with Crippen molar-refractivity contribution < 1.29 is 23.7 Å². The maximum atomic E-state index is 12.7. The number of allylic oxidation sites excluding steroid dienone is 2. The number of rotatable bonds is 8. The average molecular weight is 459 g/mol. The molecule has 0 amide bonds. The number of nitriles is 1. The van der Waals surface area contributed by atoms with Crippen molar-refractivity contribution in [2.24, 2.45) is 0 Å². The summed E-state index contributed by atoms with van der Waals surface area (Å²) in [5.74, 6) is -0.502. The molecular formula is C24H30N2O5S. The van der Waals surface area contributed by atoms with Crippen molar-refractivity contribution in [1.29, 1.82) is 5.26 Å². The van der Waals surface area contributed by atoms with Crippen LogP contribution in [0.3, 0.4) is 0 Å². The monoisotopic (exact) mass is 458 g/mol. The number of aliphatic hydroxyl groups excluding tert-OH is 3. The molecule has 172 valence electrons. The van der Waals surface area contributed by atoms with Crippen molar-refractivity contribution in [3.63, 3.8) is 0 Å². The molecule has 0 aliphatic carbocycles. The van der Waals surface area contributed by atoms with Crippen LogP contribution in [0.1, 0.15) is 38.2 Å². The molecular weight excluding hydrogens is 428 g/mol. The second-order valence-electron chi connectivity index (χ2n) is 8.28. The zero-order valence-electron chi connectivity index (χ0n) is 18.2. The summed E-state index contributed by atoms with van der Waals surface area (Å²) in [5.41, 5.74) is 2.16. The Morgan fingerprint density at radius 2 is 1.72 bits per heavy atom. The molecule has 7 nitrogen and oxygen atoms in total. The summed E-state index contributed by atoms with van der Waals surface area (Å²) in [4.78, 5) is 2.03. The van der Waals surface area contributed by atoms with Crippen molar-refractivity contribution in [2.45, 2.75) is 44.8 Å². The minimum Gasteiger partial charge on any atom is -0.394 e. The van der Waals surface area contributed by atoms with Crippen LogP contribution in [0.15, 0.2) is 41.3 Å². The van der Waals surface area contributed by atoms with Crippen molar-refractivity contribution in [3.05, 3.63) is 46.9 Å². The van der Waals surface area contributed by atoms with Gasteiger partial charge >= 0.3 is 0 Å². The van der Waals surface area contributed by atoms with Gasteiger partial charge < -0.3 is 20.2 Å². The van der Waals surface area contributed by atoms with Gasteiger partial charge in [0.15, 0.2) is 9.84 Å². The van der Waals surface area contributed by atoms with Crippen LogP contribution in [0, 0.1) is 11.3 Å². The van der Waals surface area contributed by atoms with Crippen LogP contribution in [0.25, 0.3) is 16.3 Å². The molecule has 1 aliphatic rings. The van der Waals surface area contributed by atoms with Gasteiger partial charge in [-0.3, -0.25) is 0 Å². The first-order valence-electron chi connectivity index (χ1n) is 10.9. The first-order valence-corrected chi connectivity index (χ1v) is 12.5. The van der Waals surface area contributed by atoms with E-state index in [0.717, 1.165) is 23.9 Å². The molecule has 1 saturated heterocycles. The Balaban J connectivity index is 1.86. The Labute approximate surface area is 189 Å². The number of anilines is 1. The fourth-order valence-corrected chi connectivity index (χ4v) is 5.50. The van der Waals surface area contributed by atoms with Gasteiger partial charge in [0.2, 0.25) is 0 Å². The van der Waals surface area contributed by atoms with Gasteiger partial charge in [0.05, 0.1) is 18.5 Å². The topological polar surface area (TPSA) is 122 Å². The molecule has 1 aliphatic heterocycles. The van der Waals surface area contributed by atoms with Gasteiger partial charge in [-0.1, -0.05) is 18.2 Å². The molecule has 32 heavy (non-hydrogen) atoms. The summed E-state index contributed by atoms with van der Waals surface area (Å²) in [6.45, 7) is 3.04. The van der Waals surface area contributed by atoms with Gasteiger partial charge in [-0.05, 0) is 72.7 Å². The summed E-state index contributed by atoms with van der Waals surface area (Å²) in [5, 5.41) is 39.6. The third-order valence-corrected chi connectivity index (χ3v) is 7.84. The summed E-state index contributed by atoms with van der Waals surface area (Å²) in [6.07, 6.45) is 0.579. The molecule has 0 radical (unpaired) electrons. The van der Waals surface area contributed by atoms with E-state index in [1.165, 1.54) is 24.9 Å². The van der Waals surface area contributed by atoms with Gasteiger partial charge in [0, 0.05) is 18.8 Å². The van der Waals surface area contributed by atoms with E-state index >= 15 is 0 Å². The maximum Gasteiger partial charge on any atom is 0.188 e. The number of benzene rings is 2. The van der Waals surface area contributed by atoms with E-state index in [1.807, 2.05) is 24.3 Å². The van der Waals surface area contributed by atoms with Gasteiger partial charge in [0.1, 0.15) is 17.1 Å². The number of nitrogens with zero attached hydrogens (tertiary/aromatic N) is 2. The van der Waals surface area contributed by atoms with E-state index in [4.69, 9.17) is 5.11 Å². The first kappa shape index (κ1) is 24.2. The van der Waals surface area contributed by atoms with E-state index in [9.17, 15) is 23.9 Å². The van der Waals surface area contributed by atoms with Crippen LogP contribution < -0.4 is 4.90 Å². The van der Waals surface area contributed by atoms with Crippen LogP contribution in [0.2, 0.25) is 0 Å². The van der Waals surface area contributed by atoms with E-state index in [1.54, 1.807) is 13.0 Å². The molecule has 8 heteroatoms. The first-order chi connectivity index (χ1) is 15.3. The van der Waals surface area contributed by atoms with Crippen LogP contribution in [0.4, 0.5) is 5.69 Å². The summed E-state index contributed by atoms with van der Waals surface area (Å²) in [7, 11) is -3.97. The maximum absolute atomic E-state index is 12.7. The lowest BCUT2D eigenvalue weighted by molar-refractivity contribution is -0.0148. The van der Waals surface area contributed by atoms with Crippen molar-refractivity contribution in [3.8, 4) is 6.07 Å². The Morgan fingerprint density at radius 3 is 2.38 bits per heavy atom. The molecule has 2 aromatic rings. The predicted octanol–water partition coefficient (Wildman–Crippen LogP) is 2.60. The number of sulfone groups is 1. The molecule has 0 aromatic heterocycles. The quantitative estimate of drug-likeness (QED) is 0.520. The minimum absolute atomic E-state index is 0.278. The standard InChI is InChI=1S/C24H30N2O5S/c1-17(24(15-25)32(30,31)12-9-22(28)23(29)16-27)18-5-6-20-14-21(8-7-19(20)13-18)26-10-3-2-4-11-26/h5-8,13-14,22-23,27-29H,2-4,9-12,16H2,1H3/b24-17+. The normalized spacial score (nSPS) is 17.5.